The fourth-order valence-corrected chi connectivity index (χ4v) is 2.92. The van der Waals surface area contributed by atoms with Crippen molar-refractivity contribution < 1.29 is 14.3 Å². The number of amides is 2. The van der Waals surface area contributed by atoms with Crippen molar-refractivity contribution in [3.8, 4) is 5.75 Å². The molecule has 8 heteroatoms. The van der Waals surface area contributed by atoms with E-state index in [1.165, 1.54) is 6.21 Å². The summed E-state index contributed by atoms with van der Waals surface area (Å²) >= 11 is 9.19. The smallest absolute Gasteiger partial charge is 0.329 e. The first-order valence-corrected chi connectivity index (χ1v) is 10.0. The zero-order valence-corrected chi connectivity index (χ0v) is 18.0. The first kappa shape index (κ1) is 21.5. The lowest BCUT2D eigenvalue weighted by Gasteiger charge is -2.09. The van der Waals surface area contributed by atoms with Crippen LogP contribution < -0.4 is 15.5 Å². The highest BCUT2D eigenvalue weighted by Gasteiger charge is 2.13. The van der Waals surface area contributed by atoms with E-state index in [9.17, 15) is 9.59 Å². The van der Waals surface area contributed by atoms with Crippen LogP contribution in [-0.4, -0.2) is 18.0 Å². The van der Waals surface area contributed by atoms with Gasteiger partial charge < -0.3 is 10.1 Å². The van der Waals surface area contributed by atoms with Gasteiger partial charge in [0.25, 0.3) is 0 Å². The van der Waals surface area contributed by atoms with Gasteiger partial charge in [-0.05, 0) is 48.0 Å². The molecule has 30 heavy (non-hydrogen) atoms. The van der Waals surface area contributed by atoms with Gasteiger partial charge in [-0.3, -0.25) is 9.59 Å². The van der Waals surface area contributed by atoms with Crippen LogP contribution >= 0.6 is 27.5 Å². The van der Waals surface area contributed by atoms with Gasteiger partial charge in [0.15, 0.2) is 0 Å². The molecule has 2 N–H and O–H groups in total. The van der Waals surface area contributed by atoms with Gasteiger partial charge in [0.2, 0.25) is 0 Å². The zero-order chi connectivity index (χ0) is 21.3. The average molecular weight is 487 g/mol. The molecule has 0 bridgehead atoms. The largest absolute Gasteiger partial charge is 0.488 e. The zero-order valence-electron chi connectivity index (χ0n) is 15.6. The Kier molecular flexibility index (Phi) is 7.59. The van der Waals surface area contributed by atoms with Crippen molar-refractivity contribution >= 4 is 51.2 Å². The van der Waals surface area contributed by atoms with E-state index < -0.39 is 11.8 Å². The highest BCUT2D eigenvalue weighted by Crippen LogP contribution is 2.23. The van der Waals surface area contributed by atoms with Crippen molar-refractivity contribution in [1.82, 2.24) is 5.43 Å². The molecule has 0 fully saturated rings. The van der Waals surface area contributed by atoms with E-state index in [-0.39, 0.29) is 0 Å². The van der Waals surface area contributed by atoms with Crippen LogP contribution in [0, 0.1) is 0 Å². The Morgan fingerprint density at radius 2 is 1.73 bits per heavy atom. The highest BCUT2D eigenvalue weighted by molar-refractivity contribution is 9.10. The summed E-state index contributed by atoms with van der Waals surface area (Å²) in [6, 6.07) is 21.6. The molecule has 0 atom stereocenters. The summed E-state index contributed by atoms with van der Waals surface area (Å²) in [7, 11) is 0. The number of nitrogens with one attached hydrogen (secondary N) is 2. The maximum Gasteiger partial charge on any atom is 0.329 e. The topological polar surface area (TPSA) is 79.8 Å². The molecule has 0 heterocycles. The molecule has 0 aromatic heterocycles. The number of hydrogen-bond donors (Lipinski definition) is 2. The Balaban J connectivity index is 1.60. The monoisotopic (exact) mass is 485 g/mol. The van der Waals surface area contributed by atoms with Crippen LogP contribution in [0.4, 0.5) is 5.69 Å². The van der Waals surface area contributed by atoms with E-state index in [4.69, 9.17) is 16.3 Å². The SMILES string of the molecule is O=C(N/N=C\c1cc(Br)ccc1OCc1ccccc1)C(=O)Nc1ccc(Cl)cc1. The number of hydrogen-bond acceptors (Lipinski definition) is 4. The van der Waals surface area contributed by atoms with Gasteiger partial charge in [-0.15, -0.1) is 0 Å². The molecule has 3 rings (SSSR count). The third-order valence-electron chi connectivity index (χ3n) is 3.89. The third-order valence-corrected chi connectivity index (χ3v) is 4.63. The van der Waals surface area contributed by atoms with Crippen molar-refractivity contribution in [2.75, 3.05) is 5.32 Å². The second kappa shape index (κ2) is 10.6. The van der Waals surface area contributed by atoms with E-state index >= 15 is 0 Å². The molecule has 0 aliphatic rings. The number of hydrazone groups is 1. The lowest BCUT2D eigenvalue weighted by molar-refractivity contribution is -0.136. The Bertz CT molecular complexity index is 1060. The van der Waals surface area contributed by atoms with Crippen LogP contribution in [0.15, 0.2) is 82.4 Å². The quantitative estimate of drug-likeness (QED) is 0.299. The minimum absolute atomic E-state index is 0.388. The number of nitrogens with zero attached hydrogens (tertiary/aromatic N) is 1. The molecule has 0 spiro atoms. The molecular formula is C22H17BrClN3O3. The standard InChI is InChI=1S/C22H17BrClN3O3/c23-17-6-11-20(30-14-15-4-2-1-3-5-15)16(12-17)13-25-27-22(29)21(28)26-19-9-7-18(24)8-10-19/h1-13H,14H2,(H,26,28)(H,27,29)/b25-13-. The Morgan fingerprint density at radius 3 is 2.47 bits per heavy atom. The van der Waals surface area contributed by atoms with Crippen LogP contribution in [0.5, 0.6) is 5.75 Å². The van der Waals surface area contributed by atoms with Gasteiger partial charge in [0, 0.05) is 20.7 Å². The van der Waals surface area contributed by atoms with Gasteiger partial charge in [-0.2, -0.15) is 5.10 Å². The number of halogens is 2. The molecule has 2 amide bonds. The highest BCUT2D eigenvalue weighted by atomic mass is 79.9. The van der Waals surface area contributed by atoms with Crippen molar-refractivity contribution in [1.29, 1.82) is 0 Å². The van der Waals surface area contributed by atoms with Crippen molar-refractivity contribution in [3.05, 3.63) is 93.4 Å². The predicted molar refractivity (Wildman–Crippen MR) is 121 cm³/mol. The second-order valence-electron chi connectivity index (χ2n) is 6.12. The number of carbonyl (C=O) groups excluding carboxylic acids is 2. The van der Waals surface area contributed by atoms with Crippen molar-refractivity contribution in [3.63, 3.8) is 0 Å². The molecule has 0 saturated carbocycles. The van der Waals surface area contributed by atoms with Crippen molar-refractivity contribution in [2.24, 2.45) is 5.10 Å². The third kappa shape index (κ3) is 6.43. The molecule has 0 aliphatic carbocycles. The number of anilines is 1. The summed E-state index contributed by atoms with van der Waals surface area (Å²) in [5, 5.41) is 6.86. The molecule has 0 saturated heterocycles. The minimum Gasteiger partial charge on any atom is -0.488 e. The van der Waals surface area contributed by atoms with Crippen molar-refractivity contribution in [2.45, 2.75) is 6.61 Å². The first-order chi connectivity index (χ1) is 14.5. The van der Waals surface area contributed by atoms with Crippen LogP contribution in [0.3, 0.4) is 0 Å². The number of carbonyl (C=O) groups is 2. The van der Waals surface area contributed by atoms with Gasteiger partial charge in [0.05, 0.1) is 6.21 Å². The van der Waals surface area contributed by atoms with E-state index in [0.29, 0.717) is 28.6 Å². The van der Waals surface area contributed by atoms with Gasteiger partial charge >= 0.3 is 11.8 Å². The number of ether oxygens (including phenoxy) is 1. The fraction of sp³-hybridized carbons (Fsp3) is 0.0455. The van der Waals surface area contributed by atoms with Gasteiger partial charge in [-0.1, -0.05) is 57.9 Å². The van der Waals surface area contributed by atoms with Crippen LogP contribution in [0.2, 0.25) is 5.02 Å². The second-order valence-corrected chi connectivity index (χ2v) is 7.47. The molecule has 0 aliphatic heterocycles. The Hall–Kier alpha value is -3.16. The number of benzene rings is 3. The normalized spacial score (nSPS) is 10.6. The van der Waals surface area contributed by atoms with Gasteiger partial charge in [-0.25, -0.2) is 5.43 Å². The molecule has 0 unspecified atom stereocenters. The fourth-order valence-electron chi connectivity index (χ4n) is 2.42. The molecule has 0 radical (unpaired) electrons. The molecule has 3 aromatic carbocycles. The molecule has 3 aromatic rings. The Morgan fingerprint density at radius 1 is 1.00 bits per heavy atom. The van der Waals surface area contributed by atoms with Crippen LogP contribution in [-0.2, 0) is 16.2 Å². The lowest BCUT2D eigenvalue weighted by Crippen LogP contribution is -2.32. The maximum absolute atomic E-state index is 12.0. The Labute approximate surface area is 187 Å². The molecule has 152 valence electrons. The summed E-state index contributed by atoms with van der Waals surface area (Å²) < 4.78 is 6.68. The summed E-state index contributed by atoms with van der Waals surface area (Å²) in [4.78, 5) is 23.9. The van der Waals surface area contributed by atoms with Crippen LogP contribution in [0.1, 0.15) is 11.1 Å². The average Bonchev–Trinajstić information content (AvgIpc) is 2.75. The number of rotatable bonds is 6. The minimum atomic E-state index is -0.900. The summed E-state index contributed by atoms with van der Waals surface area (Å²) in [5.41, 5.74) is 4.32. The lowest BCUT2D eigenvalue weighted by atomic mass is 10.2. The van der Waals surface area contributed by atoms with Crippen LogP contribution in [0.25, 0.3) is 0 Å². The summed E-state index contributed by atoms with van der Waals surface area (Å²) in [5.74, 6) is -1.15. The summed E-state index contributed by atoms with van der Waals surface area (Å²) in [6.07, 6.45) is 1.42. The van der Waals surface area contributed by atoms with E-state index in [1.807, 2.05) is 36.4 Å². The van der Waals surface area contributed by atoms with Gasteiger partial charge in [0.1, 0.15) is 12.4 Å². The first-order valence-electron chi connectivity index (χ1n) is 8.87. The van der Waals surface area contributed by atoms with E-state index in [2.05, 4.69) is 31.8 Å². The predicted octanol–water partition coefficient (Wildman–Crippen LogP) is 4.77. The maximum atomic E-state index is 12.0. The molecule has 6 nitrogen and oxygen atoms in total. The molecular weight excluding hydrogens is 470 g/mol. The van der Waals surface area contributed by atoms with E-state index in [0.717, 1.165) is 10.0 Å². The van der Waals surface area contributed by atoms with E-state index in [1.54, 1.807) is 36.4 Å². The summed E-state index contributed by atoms with van der Waals surface area (Å²) in [6.45, 7) is 0.388.